The Bertz CT molecular complexity index is 816. The van der Waals surface area contributed by atoms with Crippen LogP contribution in [-0.4, -0.2) is 80.0 Å². The van der Waals surface area contributed by atoms with Crippen molar-refractivity contribution in [2.24, 2.45) is 0 Å². The number of hydrogen-bond donors (Lipinski definition) is 3. The lowest BCUT2D eigenvalue weighted by molar-refractivity contribution is -0.125. The van der Waals surface area contributed by atoms with Gasteiger partial charge in [0.15, 0.2) is 0 Å². The molecule has 9 heteroatoms. The van der Waals surface area contributed by atoms with Crippen molar-refractivity contribution in [1.82, 2.24) is 15.5 Å². The summed E-state index contributed by atoms with van der Waals surface area (Å²) in [6.45, 7) is 5.22. The van der Waals surface area contributed by atoms with Crippen molar-refractivity contribution < 1.29 is 23.8 Å². The van der Waals surface area contributed by atoms with Gasteiger partial charge in [0.1, 0.15) is 11.9 Å². The van der Waals surface area contributed by atoms with Crippen LogP contribution in [0.3, 0.4) is 0 Å². The van der Waals surface area contributed by atoms with Crippen molar-refractivity contribution in [2.75, 3.05) is 50.8 Å². The number of carbonyl (C=O) groups excluding carboxylic acids is 2. The molecular weight excluding hydrogens is 379 g/mol. The predicted octanol–water partition coefficient (Wildman–Crippen LogP) is -0.0954. The molecule has 156 valence electrons. The Morgan fingerprint density at radius 2 is 2.21 bits per heavy atom. The molecule has 2 atom stereocenters. The molecule has 0 bridgehead atoms. The average Bonchev–Trinajstić information content (AvgIpc) is 3.12. The largest absolute Gasteiger partial charge is 0.441 e. The van der Waals surface area contributed by atoms with Gasteiger partial charge in [0.25, 0.3) is 0 Å². The predicted molar refractivity (Wildman–Crippen MR) is 105 cm³/mol. The topological polar surface area (TPSA) is 94.1 Å². The van der Waals surface area contributed by atoms with E-state index in [0.29, 0.717) is 5.69 Å². The minimum atomic E-state index is -0.622. The molecular formula is C20H25FN4O4. The summed E-state index contributed by atoms with van der Waals surface area (Å²) in [6, 6.07) is 4.01. The van der Waals surface area contributed by atoms with Crippen LogP contribution >= 0.6 is 0 Å². The van der Waals surface area contributed by atoms with Crippen molar-refractivity contribution >= 4 is 17.7 Å². The van der Waals surface area contributed by atoms with Crippen LogP contribution in [0, 0.1) is 17.7 Å². The minimum Gasteiger partial charge on any atom is -0.441 e. The molecule has 0 radical (unpaired) electrons. The summed E-state index contributed by atoms with van der Waals surface area (Å²) in [6.07, 6.45) is -1.24. The number of anilines is 1. The zero-order valence-corrected chi connectivity index (χ0v) is 16.3. The fourth-order valence-corrected chi connectivity index (χ4v) is 3.25. The zero-order chi connectivity index (χ0) is 20.8. The number of piperazine rings is 1. The van der Waals surface area contributed by atoms with Gasteiger partial charge in [-0.3, -0.25) is 14.6 Å². The third kappa shape index (κ3) is 5.23. The lowest BCUT2D eigenvalue weighted by atomic mass is 10.2. The number of benzene rings is 1. The van der Waals surface area contributed by atoms with Crippen LogP contribution < -0.4 is 15.5 Å². The van der Waals surface area contributed by atoms with Crippen LogP contribution in [0.1, 0.15) is 12.5 Å². The first kappa shape index (κ1) is 21.0. The number of aliphatic hydroxyl groups is 1. The summed E-state index contributed by atoms with van der Waals surface area (Å²) in [5, 5.41) is 15.1. The Morgan fingerprint density at radius 3 is 2.86 bits per heavy atom. The van der Waals surface area contributed by atoms with E-state index in [4.69, 9.17) is 9.84 Å². The molecule has 2 amide bonds. The van der Waals surface area contributed by atoms with Crippen molar-refractivity contribution in [3.05, 3.63) is 29.6 Å². The Labute approximate surface area is 169 Å². The van der Waals surface area contributed by atoms with Gasteiger partial charge in [-0.05, 0) is 25.1 Å². The van der Waals surface area contributed by atoms with Gasteiger partial charge in [-0.2, -0.15) is 0 Å². The van der Waals surface area contributed by atoms with Gasteiger partial charge in [0.05, 0.1) is 37.0 Å². The number of carbonyl (C=O) groups is 2. The van der Waals surface area contributed by atoms with E-state index in [9.17, 15) is 14.0 Å². The molecule has 2 saturated heterocycles. The van der Waals surface area contributed by atoms with E-state index >= 15 is 0 Å². The third-order valence-electron chi connectivity index (χ3n) is 4.99. The van der Waals surface area contributed by atoms with Gasteiger partial charge in [0, 0.05) is 26.2 Å². The van der Waals surface area contributed by atoms with E-state index in [-0.39, 0.29) is 37.2 Å². The molecule has 0 saturated carbocycles. The number of cyclic esters (lactones) is 1. The highest BCUT2D eigenvalue weighted by Crippen LogP contribution is 2.23. The van der Waals surface area contributed by atoms with Gasteiger partial charge < -0.3 is 20.5 Å². The summed E-state index contributed by atoms with van der Waals surface area (Å²) in [4.78, 5) is 27.4. The molecule has 3 rings (SSSR count). The molecule has 1 aromatic carbocycles. The van der Waals surface area contributed by atoms with Gasteiger partial charge in [0.2, 0.25) is 5.91 Å². The second-order valence-electron chi connectivity index (χ2n) is 6.94. The van der Waals surface area contributed by atoms with E-state index < -0.39 is 18.0 Å². The monoisotopic (exact) mass is 404 g/mol. The summed E-state index contributed by atoms with van der Waals surface area (Å²) >= 11 is 0. The van der Waals surface area contributed by atoms with Gasteiger partial charge in [-0.15, -0.1) is 0 Å². The first-order valence-electron chi connectivity index (χ1n) is 9.59. The first-order chi connectivity index (χ1) is 14.0. The molecule has 3 N–H and O–H groups in total. The lowest BCUT2D eigenvalue weighted by Gasteiger charge is -2.31. The summed E-state index contributed by atoms with van der Waals surface area (Å²) in [5.41, 5.74) is 0.511. The minimum absolute atomic E-state index is 0.108. The van der Waals surface area contributed by atoms with Crippen LogP contribution in [0.4, 0.5) is 14.9 Å². The molecule has 2 fully saturated rings. The second kappa shape index (κ2) is 9.69. The van der Waals surface area contributed by atoms with Crippen molar-refractivity contribution in [1.29, 1.82) is 0 Å². The van der Waals surface area contributed by atoms with Crippen LogP contribution in [0.2, 0.25) is 0 Å². The van der Waals surface area contributed by atoms with Crippen molar-refractivity contribution in [2.45, 2.75) is 19.1 Å². The first-order valence-corrected chi connectivity index (χ1v) is 9.59. The lowest BCUT2D eigenvalue weighted by Crippen LogP contribution is -2.52. The number of rotatable bonds is 5. The maximum atomic E-state index is 14.3. The number of aliphatic hydroxyl groups excluding tert-OH is 1. The van der Waals surface area contributed by atoms with E-state index in [1.54, 1.807) is 6.07 Å². The Morgan fingerprint density at radius 1 is 1.45 bits per heavy atom. The molecule has 1 aromatic rings. The van der Waals surface area contributed by atoms with Crippen LogP contribution in [0.15, 0.2) is 18.2 Å². The molecule has 2 aliphatic heterocycles. The quantitative estimate of drug-likeness (QED) is 0.594. The molecule has 0 aliphatic carbocycles. The Kier molecular flexibility index (Phi) is 7.04. The van der Waals surface area contributed by atoms with Gasteiger partial charge in [-0.25, -0.2) is 9.18 Å². The molecule has 29 heavy (non-hydrogen) atoms. The van der Waals surface area contributed by atoms with Gasteiger partial charge in [-0.1, -0.05) is 11.8 Å². The standard InChI is InChI=1S/C20H25FN4O4/c1-14(24-9-7-22-8-10-24)19(27)23-6-2-3-15-4-5-16(11-18(15)21)25-12-17(13-26)29-20(25)28/h4-5,11,14,17,22,26H,6-10,12-13H2,1H3,(H,23,27)/t14?,17-/m1/s1. The van der Waals surface area contributed by atoms with Crippen molar-refractivity contribution in [3.63, 3.8) is 0 Å². The van der Waals surface area contributed by atoms with E-state index in [0.717, 1.165) is 26.2 Å². The van der Waals surface area contributed by atoms with Crippen LogP contribution in [0.25, 0.3) is 0 Å². The molecule has 1 unspecified atom stereocenters. The highest BCUT2D eigenvalue weighted by Gasteiger charge is 2.32. The van der Waals surface area contributed by atoms with E-state index in [1.165, 1.54) is 17.0 Å². The second-order valence-corrected chi connectivity index (χ2v) is 6.94. The summed E-state index contributed by atoms with van der Waals surface area (Å²) in [7, 11) is 0. The molecule has 2 heterocycles. The maximum absolute atomic E-state index is 14.3. The normalized spacial score (nSPS) is 20.6. The van der Waals surface area contributed by atoms with E-state index in [1.807, 2.05) is 6.92 Å². The summed E-state index contributed by atoms with van der Waals surface area (Å²) < 4.78 is 19.3. The molecule has 8 nitrogen and oxygen atoms in total. The summed E-state index contributed by atoms with van der Waals surface area (Å²) in [5.74, 6) is 4.77. The number of ether oxygens (including phenoxy) is 1. The molecule has 0 spiro atoms. The Hall–Kier alpha value is -2.67. The van der Waals surface area contributed by atoms with E-state index in [2.05, 4.69) is 27.4 Å². The van der Waals surface area contributed by atoms with Crippen LogP contribution in [0.5, 0.6) is 0 Å². The maximum Gasteiger partial charge on any atom is 0.414 e. The smallest absolute Gasteiger partial charge is 0.414 e. The number of hydrogen-bond acceptors (Lipinski definition) is 6. The number of nitrogens with one attached hydrogen (secondary N) is 2. The Balaban J connectivity index is 1.54. The zero-order valence-electron chi connectivity index (χ0n) is 16.3. The average molecular weight is 404 g/mol. The highest BCUT2D eigenvalue weighted by atomic mass is 19.1. The third-order valence-corrected chi connectivity index (χ3v) is 4.99. The number of amides is 2. The molecule has 0 aromatic heterocycles. The number of nitrogens with zero attached hydrogens (tertiary/aromatic N) is 2. The molecule has 2 aliphatic rings. The van der Waals surface area contributed by atoms with Gasteiger partial charge >= 0.3 is 6.09 Å². The highest BCUT2D eigenvalue weighted by molar-refractivity contribution is 5.89. The van der Waals surface area contributed by atoms with Crippen molar-refractivity contribution in [3.8, 4) is 11.8 Å². The fraction of sp³-hybridized carbons (Fsp3) is 0.500. The number of halogens is 1. The fourth-order valence-electron chi connectivity index (χ4n) is 3.25. The van der Waals surface area contributed by atoms with Crippen LogP contribution in [-0.2, 0) is 9.53 Å². The SMILES string of the molecule is CC(C(=O)NCC#Cc1ccc(N2C[C@H](CO)OC2=O)cc1F)N1CCNCC1.